The molecule has 1 aliphatic carbocycles. The van der Waals surface area contributed by atoms with Gasteiger partial charge >= 0.3 is 0 Å². The zero-order valence-electron chi connectivity index (χ0n) is 10.5. The maximum Gasteiger partial charge on any atom is 0.0907 e. The van der Waals surface area contributed by atoms with Crippen LogP contribution in [0, 0.1) is 6.92 Å². The van der Waals surface area contributed by atoms with Crippen molar-refractivity contribution in [2.75, 3.05) is 5.32 Å². The highest BCUT2D eigenvalue weighted by Gasteiger charge is 2.19. The minimum absolute atomic E-state index is 0.0883. The molecule has 3 nitrogen and oxygen atoms in total. The Morgan fingerprint density at radius 2 is 2.06 bits per heavy atom. The van der Waals surface area contributed by atoms with Gasteiger partial charge < -0.3 is 10.4 Å². The summed E-state index contributed by atoms with van der Waals surface area (Å²) in [6.45, 7) is 2.04. The fourth-order valence-electron chi connectivity index (χ4n) is 2.59. The van der Waals surface area contributed by atoms with Crippen LogP contribution in [0.4, 0.5) is 5.69 Å². The van der Waals surface area contributed by atoms with E-state index in [2.05, 4.69) is 28.5 Å². The molecule has 0 atom stereocenters. The average molecular weight is 262 g/mol. The lowest BCUT2D eigenvalue weighted by atomic mass is 9.93. The Morgan fingerprint density at radius 1 is 1.28 bits per heavy atom. The van der Waals surface area contributed by atoms with E-state index >= 15 is 0 Å². The van der Waals surface area contributed by atoms with E-state index in [1.54, 1.807) is 11.3 Å². The van der Waals surface area contributed by atoms with Gasteiger partial charge in [0.05, 0.1) is 21.3 Å². The molecule has 0 amide bonds. The van der Waals surface area contributed by atoms with Crippen LogP contribution in [-0.4, -0.2) is 22.2 Å². The first-order valence-corrected chi connectivity index (χ1v) is 7.34. The van der Waals surface area contributed by atoms with E-state index < -0.39 is 0 Å². The van der Waals surface area contributed by atoms with Crippen LogP contribution >= 0.6 is 11.3 Å². The van der Waals surface area contributed by atoms with Crippen LogP contribution in [0.15, 0.2) is 18.2 Å². The van der Waals surface area contributed by atoms with Gasteiger partial charge in [0.25, 0.3) is 0 Å². The van der Waals surface area contributed by atoms with Crippen LogP contribution in [0.3, 0.4) is 0 Å². The molecular weight excluding hydrogens is 244 g/mol. The van der Waals surface area contributed by atoms with Crippen molar-refractivity contribution in [3.8, 4) is 0 Å². The third-order valence-corrected chi connectivity index (χ3v) is 4.50. The highest BCUT2D eigenvalue weighted by molar-refractivity contribution is 7.18. The number of nitrogens with zero attached hydrogens (tertiary/aromatic N) is 1. The van der Waals surface area contributed by atoms with E-state index in [4.69, 9.17) is 0 Å². The fraction of sp³-hybridized carbons (Fsp3) is 0.500. The van der Waals surface area contributed by atoms with Gasteiger partial charge in [-0.2, -0.15) is 0 Å². The Morgan fingerprint density at radius 3 is 2.83 bits per heavy atom. The molecular formula is C14H18N2OS. The van der Waals surface area contributed by atoms with E-state index in [9.17, 15) is 5.11 Å². The summed E-state index contributed by atoms with van der Waals surface area (Å²) in [5.74, 6) is 0. The van der Waals surface area contributed by atoms with Gasteiger partial charge in [-0.05, 0) is 50.8 Å². The molecule has 2 aromatic rings. The van der Waals surface area contributed by atoms with Gasteiger partial charge in [0.15, 0.2) is 0 Å². The van der Waals surface area contributed by atoms with Crippen LogP contribution in [0.1, 0.15) is 30.7 Å². The number of thiazole rings is 1. The molecule has 96 valence electrons. The second kappa shape index (κ2) is 4.86. The lowest BCUT2D eigenvalue weighted by Gasteiger charge is -2.27. The molecule has 1 aromatic carbocycles. The van der Waals surface area contributed by atoms with Crippen molar-refractivity contribution in [3.05, 3.63) is 23.2 Å². The molecule has 4 heteroatoms. The lowest BCUT2D eigenvalue weighted by molar-refractivity contribution is 0.126. The van der Waals surface area contributed by atoms with E-state index in [1.165, 1.54) is 10.4 Å². The number of anilines is 1. The monoisotopic (exact) mass is 262 g/mol. The second-order valence-corrected chi connectivity index (χ2v) is 6.30. The van der Waals surface area contributed by atoms with Crippen molar-refractivity contribution in [3.63, 3.8) is 0 Å². The maximum atomic E-state index is 9.50. The molecule has 0 bridgehead atoms. The molecule has 1 aromatic heterocycles. The number of nitrogens with one attached hydrogen (secondary N) is 1. The SMILES string of the molecule is Cc1nc2ccc(NC3CCC(O)CC3)cc2s1. The highest BCUT2D eigenvalue weighted by atomic mass is 32.1. The zero-order valence-corrected chi connectivity index (χ0v) is 11.3. The quantitative estimate of drug-likeness (QED) is 0.872. The third kappa shape index (κ3) is 2.49. The molecule has 0 saturated heterocycles. The van der Waals surface area contributed by atoms with E-state index in [0.29, 0.717) is 6.04 Å². The van der Waals surface area contributed by atoms with Crippen LogP contribution < -0.4 is 5.32 Å². The fourth-order valence-corrected chi connectivity index (χ4v) is 3.45. The molecule has 0 spiro atoms. The summed E-state index contributed by atoms with van der Waals surface area (Å²) in [4.78, 5) is 4.47. The molecule has 18 heavy (non-hydrogen) atoms. The van der Waals surface area contributed by atoms with Gasteiger partial charge in [-0.1, -0.05) is 0 Å². The Bertz CT molecular complexity index is 544. The van der Waals surface area contributed by atoms with Crippen LogP contribution in [0.2, 0.25) is 0 Å². The lowest BCUT2D eigenvalue weighted by Crippen LogP contribution is -2.28. The molecule has 0 unspecified atom stereocenters. The van der Waals surface area contributed by atoms with Crippen molar-refractivity contribution in [2.45, 2.75) is 44.8 Å². The first-order chi connectivity index (χ1) is 8.70. The number of aryl methyl sites for hydroxylation is 1. The Balaban J connectivity index is 1.74. The predicted molar refractivity (Wildman–Crippen MR) is 76.2 cm³/mol. The van der Waals surface area contributed by atoms with Crippen LogP contribution in [0.5, 0.6) is 0 Å². The molecule has 1 aliphatic rings. The number of benzene rings is 1. The number of hydrogen-bond acceptors (Lipinski definition) is 4. The van der Waals surface area contributed by atoms with Crippen molar-refractivity contribution >= 4 is 27.2 Å². The van der Waals surface area contributed by atoms with Crippen molar-refractivity contribution in [1.29, 1.82) is 0 Å². The van der Waals surface area contributed by atoms with Crippen molar-refractivity contribution in [1.82, 2.24) is 4.98 Å². The molecule has 0 aliphatic heterocycles. The van der Waals surface area contributed by atoms with E-state index in [0.717, 1.165) is 36.2 Å². The number of fused-ring (bicyclic) bond motifs is 1. The number of hydrogen-bond donors (Lipinski definition) is 2. The molecule has 3 rings (SSSR count). The van der Waals surface area contributed by atoms with Gasteiger partial charge in [0, 0.05) is 11.7 Å². The van der Waals surface area contributed by atoms with E-state index in [-0.39, 0.29) is 6.10 Å². The van der Waals surface area contributed by atoms with Gasteiger partial charge in [-0.15, -0.1) is 11.3 Å². The standard InChI is InChI=1S/C14H18N2OS/c1-9-15-13-7-4-11(8-14(13)18-9)16-10-2-5-12(17)6-3-10/h4,7-8,10,12,16-17H,2-3,5-6H2,1H3. The minimum atomic E-state index is -0.0883. The molecule has 1 fully saturated rings. The number of rotatable bonds is 2. The topological polar surface area (TPSA) is 45.2 Å². The van der Waals surface area contributed by atoms with Gasteiger partial charge in [-0.3, -0.25) is 0 Å². The Hall–Kier alpha value is -1.13. The summed E-state index contributed by atoms with van der Waals surface area (Å²) in [6.07, 6.45) is 3.86. The summed E-state index contributed by atoms with van der Waals surface area (Å²) in [5, 5.41) is 14.2. The second-order valence-electron chi connectivity index (χ2n) is 5.07. The summed E-state index contributed by atoms with van der Waals surface area (Å²) < 4.78 is 1.24. The number of aromatic nitrogens is 1. The van der Waals surface area contributed by atoms with Crippen molar-refractivity contribution < 1.29 is 5.11 Å². The normalized spacial score (nSPS) is 24.3. The van der Waals surface area contributed by atoms with Gasteiger partial charge in [0.2, 0.25) is 0 Å². The first-order valence-electron chi connectivity index (χ1n) is 6.52. The van der Waals surface area contributed by atoms with E-state index in [1.807, 2.05) is 6.92 Å². The average Bonchev–Trinajstić information content (AvgIpc) is 2.71. The van der Waals surface area contributed by atoms with Crippen LogP contribution in [-0.2, 0) is 0 Å². The smallest absolute Gasteiger partial charge is 0.0907 e. The molecule has 1 saturated carbocycles. The number of aliphatic hydroxyl groups excluding tert-OH is 1. The summed E-state index contributed by atoms with van der Waals surface area (Å²) in [5.41, 5.74) is 2.26. The Kier molecular flexibility index (Phi) is 3.22. The maximum absolute atomic E-state index is 9.50. The zero-order chi connectivity index (χ0) is 12.5. The summed E-state index contributed by atoms with van der Waals surface area (Å²) >= 11 is 1.74. The van der Waals surface area contributed by atoms with Gasteiger partial charge in [-0.25, -0.2) is 4.98 Å². The van der Waals surface area contributed by atoms with Crippen LogP contribution in [0.25, 0.3) is 10.2 Å². The number of aliphatic hydroxyl groups is 1. The third-order valence-electron chi connectivity index (χ3n) is 3.56. The summed E-state index contributed by atoms with van der Waals surface area (Å²) in [7, 11) is 0. The molecule has 0 radical (unpaired) electrons. The minimum Gasteiger partial charge on any atom is -0.393 e. The largest absolute Gasteiger partial charge is 0.393 e. The Labute approximate surface area is 111 Å². The summed E-state index contributed by atoms with van der Waals surface area (Å²) in [6, 6.07) is 6.87. The predicted octanol–water partition coefficient (Wildman–Crippen LogP) is 3.32. The van der Waals surface area contributed by atoms with Gasteiger partial charge in [0.1, 0.15) is 0 Å². The first kappa shape index (κ1) is 11.9. The van der Waals surface area contributed by atoms with Crippen molar-refractivity contribution in [2.24, 2.45) is 0 Å². The molecule has 1 heterocycles. The molecule has 2 N–H and O–H groups in total. The highest BCUT2D eigenvalue weighted by Crippen LogP contribution is 2.27.